The maximum Gasteiger partial charge on any atom is 0.159 e. The predicted molar refractivity (Wildman–Crippen MR) is 242 cm³/mol. The molecule has 0 saturated heterocycles. The van der Waals surface area contributed by atoms with E-state index in [0.717, 1.165) is 33.8 Å². The number of aromatic nitrogens is 2. The summed E-state index contributed by atoms with van der Waals surface area (Å²) in [5.41, 5.74) is 17.4. The van der Waals surface area contributed by atoms with Crippen LogP contribution in [0.25, 0.3) is 89.4 Å². The zero-order valence-electron chi connectivity index (χ0n) is 32.0. The second-order valence-electron chi connectivity index (χ2n) is 15.4. The third-order valence-corrected chi connectivity index (χ3v) is 14.7. The Morgan fingerprint density at radius 3 is 1.19 bits per heavy atom. The van der Waals surface area contributed by atoms with Crippen molar-refractivity contribution in [3.63, 3.8) is 0 Å². The van der Waals surface area contributed by atoms with Crippen molar-refractivity contribution >= 4 is 18.6 Å². The van der Waals surface area contributed by atoms with E-state index in [0.29, 0.717) is 0 Å². The number of hydrogen-bond donors (Lipinski definition) is 0. The van der Waals surface area contributed by atoms with Gasteiger partial charge in [-0.25, -0.2) is 9.97 Å². The first-order valence-corrected chi connectivity index (χ1v) is 22.6. The van der Waals surface area contributed by atoms with Gasteiger partial charge in [0.05, 0.1) is 5.69 Å². The van der Waals surface area contributed by atoms with Gasteiger partial charge in [0.15, 0.2) is 5.82 Å². The standard InChI is InChI=1S/C54H40N2Si/c1-57(2)50-30-13-12-29-49(50)51-52(39-21-10-5-11-22-39)55-53(56-54(51)57)45-28-16-27-44(33-45)48-35-46(42-25-14-23-40(31-42)37-17-6-3-7-18-37)34-47(36-48)43-26-15-24-41(32-43)38-19-8-4-9-20-38/h3-36H,1-2H3. The summed E-state index contributed by atoms with van der Waals surface area (Å²) >= 11 is 0. The summed E-state index contributed by atoms with van der Waals surface area (Å²) in [4.78, 5) is 10.9. The van der Waals surface area contributed by atoms with Gasteiger partial charge < -0.3 is 0 Å². The molecule has 0 fully saturated rings. The number of fused-ring (bicyclic) bond motifs is 3. The Kier molecular flexibility index (Phi) is 8.66. The van der Waals surface area contributed by atoms with Crippen LogP contribution in [0.15, 0.2) is 206 Å². The molecule has 3 heteroatoms. The second-order valence-corrected chi connectivity index (χ2v) is 19.7. The maximum absolute atomic E-state index is 5.47. The average Bonchev–Trinajstić information content (AvgIpc) is 3.52. The summed E-state index contributed by atoms with van der Waals surface area (Å²) in [6.07, 6.45) is 0. The Morgan fingerprint density at radius 1 is 0.316 bits per heavy atom. The molecule has 0 unspecified atom stereocenters. The second kappa shape index (κ2) is 14.3. The summed E-state index contributed by atoms with van der Waals surface area (Å²) in [5, 5.41) is 2.63. The lowest BCUT2D eigenvalue weighted by Crippen LogP contribution is -2.50. The SMILES string of the molecule is C[Si]1(C)c2ccccc2-c2c(-c3ccccc3)nc(-c3cccc(-c4cc(-c5cccc(-c6ccccc6)c5)cc(-c5cccc(-c6ccccc6)c5)c4)c3)nc21. The van der Waals surface area contributed by atoms with Crippen molar-refractivity contribution in [2.45, 2.75) is 13.1 Å². The molecule has 1 aliphatic heterocycles. The van der Waals surface area contributed by atoms with Crippen LogP contribution in [0, 0.1) is 0 Å². The van der Waals surface area contributed by atoms with Gasteiger partial charge in [-0.2, -0.15) is 0 Å². The van der Waals surface area contributed by atoms with Crippen LogP contribution in [0.3, 0.4) is 0 Å². The van der Waals surface area contributed by atoms with Crippen LogP contribution in [0.2, 0.25) is 13.1 Å². The fraction of sp³-hybridized carbons (Fsp3) is 0.0370. The largest absolute Gasteiger partial charge is 0.237 e. The molecule has 0 saturated carbocycles. The van der Waals surface area contributed by atoms with Crippen LogP contribution in [0.4, 0.5) is 0 Å². The smallest absolute Gasteiger partial charge is 0.159 e. The molecule has 2 nitrogen and oxygen atoms in total. The molecule has 0 N–H and O–H groups in total. The molecule has 270 valence electrons. The third kappa shape index (κ3) is 6.42. The third-order valence-electron chi connectivity index (χ3n) is 11.4. The summed E-state index contributed by atoms with van der Waals surface area (Å²) in [5.74, 6) is 0.769. The van der Waals surface area contributed by atoms with Gasteiger partial charge in [0.1, 0.15) is 8.07 Å². The molecule has 1 aliphatic rings. The quantitative estimate of drug-likeness (QED) is 0.152. The van der Waals surface area contributed by atoms with E-state index in [1.165, 1.54) is 66.1 Å². The Bertz CT molecular complexity index is 2820. The van der Waals surface area contributed by atoms with Gasteiger partial charge in [-0.3, -0.25) is 0 Å². The van der Waals surface area contributed by atoms with Crippen LogP contribution in [-0.4, -0.2) is 18.0 Å². The highest BCUT2D eigenvalue weighted by molar-refractivity contribution is 7.03. The number of benzene rings is 8. The Hall–Kier alpha value is -6.94. The Morgan fingerprint density at radius 2 is 0.684 bits per heavy atom. The highest BCUT2D eigenvalue weighted by Crippen LogP contribution is 2.39. The minimum absolute atomic E-state index is 0.769. The molecular weight excluding hydrogens is 705 g/mol. The van der Waals surface area contributed by atoms with E-state index >= 15 is 0 Å². The van der Waals surface area contributed by atoms with Crippen molar-refractivity contribution in [2.24, 2.45) is 0 Å². The topological polar surface area (TPSA) is 25.8 Å². The fourth-order valence-corrected chi connectivity index (χ4v) is 11.4. The van der Waals surface area contributed by atoms with Crippen molar-refractivity contribution in [3.8, 4) is 89.4 Å². The molecule has 9 aromatic rings. The molecule has 0 atom stereocenters. The molecule has 8 aromatic carbocycles. The molecule has 0 spiro atoms. The highest BCUT2D eigenvalue weighted by Gasteiger charge is 2.41. The molecule has 2 heterocycles. The molecular formula is C54H40N2Si. The van der Waals surface area contributed by atoms with E-state index in [-0.39, 0.29) is 0 Å². The molecule has 0 bridgehead atoms. The van der Waals surface area contributed by atoms with E-state index in [4.69, 9.17) is 9.97 Å². The number of hydrogen-bond acceptors (Lipinski definition) is 2. The minimum Gasteiger partial charge on any atom is -0.237 e. The Labute approximate surface area is 335 Å². The van der Waals surface area contributed by atoms with Crippen molar-refractivity contribution in [2.75, 3.05) is 0 Å². The number of rotatable bonds is 7. The Balaban J connectivity index is 1.13. The normalized spacial score (nSPS) is 12.5. The van der Waals surface area contributed by atoms with Crippen molar-refractivity contribution < 1.29 is 0 Å². The highest BCUT2D eigenvalue weighted by atomic mass is 28.3. The van der Waals surface area contributed by atoms with Gasteiger partial charge in [-0.15, -0.1) is 0 Å². The summed E-state index contributed by atoms with van der Waals surface area (Å²) in [7, 11) is -2.09. The molecule has 0 amide bonds. The van der Waals surface area contributed by atoms with Crippen LogP contribution >= 0.6 is 0 Å². The van der Waals surface area contributed by atoms with Crippen LogP contribution < -0.4 is 10.5 Å². The maximum atomic E-state index is 5.47. The van der Waals surface area contributed by atoms with Gasteiger partial charge in [-0.1, -0.05) is 183 Å². The monoisotopic (exact) mass is 744 g/mol. The lowest BCUT2D eigenvalue weighted by Gasteiger charge is -2.19. The van der Waals surface area contributed by atoms with E-state index in [2.05, 4.69) is 219 Å². The molecule has 57 heavy (non-hydrogen) atoms. The van der Waals surface area contributed by atoms with E-state index in [1.807, 2.05) is 0 Å². The first kappa shape index (κ1) is 34.5. The molecule has 1 aromatic heterocycles. The molecule has 0 radical (unpaired) electrons. The fourth-order valence-electron chi connectivity index (χ4n) is 8.46. The first-order valence-electron chi connectivity index (χ1n) is 19.6. The van der Waals surface area contributed by atoms with Crippen LogP contribution in [0.1, 0.15) is 0 Å². The summed E-state index contributed by atoms with van der Waals surface area (Å²) in [6, 6.07) is 74.3. The zero-order valence-corrected chi connectivity index (χ0v) is 33.0. The predicted octanol–water partition coefficient (Wildman–Crippen LogP) is 12.9. The average molecular weight is 745 g/mol. The van der Waals surface area contributed by atoms with Gasteiger partial charge in [-0.05, 0) is 103 Å². The van der Waals surface area contributed by atoms with E-state index < -0.39 is 8.07 Å². The van der Waals surface area contributed by atoms with E-state index in [9.17, 15) is 0 Å². The lowest BCUT2D eigenvalue weighted by atomic mass is 9.91. The lowest BCUT2D eigenvalue weighted by molar-refractivity contribution is 1.21. The van der Waals surface area contributed by atoms with Crippen molar-refractivity contribution in [3.05, 3.63) is 206 Å². The zero-order chi connectivity index (χ0) is 38.3. The van der Waals surface area contributed by atoms with Gasteiger partial charge >= 0.3 is 0 Å². The van der Waals surface area contributed by atoms with Crippen molar-refractivity contribution in [1.29, 1.82) is 0 Å². The van der Waals surface area contributed by atoms with Gasteiger partial charge in [0.2, 0.25) is 0 Å². The first-order chi connectivity index (χ1) is 28.0. The molecule has 10 rings (SSSR count). The van der Waals surface area contributed by atoms with E-state index in [1.54, 1.807) is 0 Å². The van der Waals surface area contributed by atoms with Crippen molar-refractivity contribution in [1.82, 2.24) is 9.97 Å². The minimum atomic E-state index is -2.09. The van der Waals surface area contributed by atoms with Crippen LogP contribution in [0.5, 0.6) is 0 Å². The van der Waals surface area contributed by atoms with Gasteiger partial charge in [0, 0.05) is 22.0 Å². The summed E-state index contributed by atoms with van der Waals surface area (Å²) in [6.45, 7) is 4.85. The van der Waals surface area contributed by atoms with Gasteiger partial charge in [0.25, 0.3) is 0 Å². The van der Waals surface area contributed by atoms with Crippen LogP contribution in [-0.2, 0) is 0 Å². The summed E-state index contributed by atoms with van der Waals surface area (Å²) < 4.78 is 0. The molecule has 0 aliphatic carbocycles. The number of nitrogens with zero attached hydrogens (tertiary/aromatic N) is 2.